The lowest BCUT2D eigenvalue weighted by Gasteiger charge is -2.01. The molecule has 1 aromatic carbocycles. The topological polar surface area (TPSA) is 78.8 Å². The lowest BCUT2D eigenvalue weighted by molar-refractivity contribution is -0.140. The van der Waals surface area contributed by atoms with Crippen molar-refractivity contribution in [1.29, 1.82) is 0 Å². The molecule has 1 aliphatic rings. The third-order valence-corrected chi connectivity index (χ3v) is 1.92. The first-order valence-electron chi connectivity index (χ1n) is 4.47. The number of benzene rings is 1. The number of hydrogen-bond acceptors (Lipinski definition) is 4. The Morgan fingerprint density at radius 1 is 1.12 bits per heavy atom. The van der Waals surface area contributed by atoms with E-state index in [9.17, 15) is 14.4 Å². The molecule has 1 aliphatic heterocycles. The summed E-state index contributed by atoms with van der Waals surface area (Å²) in [6.45, 7) is 0. The molecule has 4 amide bonds. The number of nitrogens with zero attached hydrogens (tertiary/aromatic N) is 2. The molecule has 6 nitrogen and oxygen atoms in total. The molecule has 1 fully saturated rings. The van der Waals surface area contributed by atoms with Gasteiger partial charge in [0.05, 0.1) is 6.21 Å². The monoisotopic (exact) mass is 217 g/mol. The van der Waals surface area contributed by atoms with Crippen molar-refractivity contribution in [1.82, 2.24) is 10.3 Å². The van der Waals surface area contributed by atoms with Crippen LogP contribution < -0.4 is 5.32 Å². The first kappa shape index (κ1) is 10.0. The average molecular weight is 217 g/mol. The SMILES string of the molecule is O=C1NC(=O)N(N=Cc2ccccc2)C1=O. The second-order valence-electron chi connectivity index (χ2n) is 3.03. The Hall–Kier alpha value is -2.50. The largest absolute Gasteiger partial charge is 0.352 e. The van der Waals surface area contributed by atoms with Gasteiger partial charge in [-0.3, -0.25) is 14.9 Å². The number of carbonyl (C=O) groups is 3. The second-order valence-corrected chi connectivity index (χ2v) is 3.03. The molecule has 0 spiro atoms. The fourth-order valence-corrected chi connectivity index (χ4v) is 1.16. The van der Waals surface area contributed by atoms with E-state index >= 15 is 0 Å². The summed E-state index contributed by atoms with van der Waals surface area (Å²) in [7, 11) is 0. The van der Waals surface area contributed by atoms with Crippen LogP contribution in [0.1, 0.15) is 5.56 Å². The summed E-state index contributed by atoms with van der Waals surface area (Å²) in [6.07, 6.45) is 1.33. The number of rotatable bonds is 2. The quantitative estimate of drug-likeness (QED) is 0.433. The maximum Gasteiger partial charge on any atom is 0.352 e. The van der Waals surface area contributed by atoms with Gasteiger partial charge in [0, 0.05) is 0 Å². The van der Waals surface area contributed by atoms with Gasteiger partial charge in [-0.05, 0) is 5.56 Å². The molecule has 0 aromatic heterocycles. The van der Waals surface area contributed by atoms with Crippen LogP contribution in [0.4, 0.5) is 4.79 Å². The standard InChI is InChI=1S/C10H7N3O3/c14-8-9(15)13(10(16)12-8)11-6-7-4-2-1-3-5-7/h1-6H,(H,12,14,16). The Labute approximate surface area is 90.5 Å². The van der Waals surface area contributed by atoms with Crippen molar-refractivity contribution in [2.24, 2.45) is 5.10 Å². The number of carbonyl (C=O) groups excluding carboxylic acids is 3. The molecule has 2 rings (SSSR count). The highest BCUT2D eigenvalue weighted by molar-refractivity contribution is 6.44. The van der Waals surface area contributed by atoms with Crippen molar-refractivity contribution in [3.63, 3.8) is 0 Å². The smallest absolute Gasteiger partial charge is 0.268 e. The molecule has 1 N–H and O–H groups in total. The van der Waals surface area contributed by atoms with Crippen LogP contribution in [0.3, 0.4) is 0 Å². The molecule has 0 bridgehead atoms. The number of hydrogen-bond donors (Lipinski definition) is 1. The van der Waals surface area contributed by atoms with Crippen LogP contribution in [0.25, 0.3) is 0 Å². The predicted octanol–water partition coefficient (Wildman–Crippen LogP) is 0.0989. The highest BCUT2D eigenvalue weighted by atomic mass is 16.2. The van der Waals surface area contributed by atoms with Crippen molar-refractivity contribution in [2.45, 2.75) is 0 Å². The highest BCUT2D eigenvalue weighted by Gasteiger charge is 2.36. The Morgan fingerprint density at radius 2 is 1.81 bits per heavy atom. The zero-order chi connectivity index (χ0) is 11.5. The molecule has 6 heteroatoms. The van der Waals surface area contributed by atoms with E-state index in [0.29, 0.717) is 5.01 Å². The van der Waals surface area contributed by atoms with Gasteiger partial charge in [-0.25, -0.2) is 4.79 Å². The minimum absolute atomic E-state index is 0.495. The van der Waals surface area contributed by atoms with Crippen molar-refractivity contribution < 1.29 is 14.4 Å². The Morgan fingerprint density at radius 3 is 2.38 bits per heavy atom. The molecule has 1 saturated heterocycles. The fourth-order valence-electron chi connectivity index (χ4n) is 1.16. The first-order chi connectivity index (χ1) is 7.68. The van der Waals surface area contributed by atoms with Crippen LogP contribution in [-0.2, 0) is 9.59 Å². The zero-order valence-electron chi connectivity index (χ0n) is 8.08. The van der Waals surface area contributed by atoms with E-state index in [1.807, 2.05) is 11.4 Å². The van der Waals surface area contributed by atoms with Crippen molar-refractivity contribution >= 4 is 24.1 Å². The summed E-state index contributed by atoms with van der Waals surface area (Å²) in [5.74, 6) is -1.94. The van der Waals surface area contributed by atoms with E-state index in [1.165, 1.54) is 6.21 Å². The van der Waals surface area contributed by atoms with Gasteiger partial charge < -0.3 is 0 Å². The van der Waals surface area contributed by atoms with Crippen LogP contribution in [0.15, 0.2) is 35.4 Å². The Balaban J connectivity index is 2.16. The maximum atomic E-state index is 11.1. The number of urea groups is 1. The van der Waals surface area contributed by atoms with Crippen molar-refractivity contribution in [3.8, 4) is 0 Å². The van der Waals surface area contributed by atoms with E-state index in [1.54, 1.807) is 24.3 Å². The van der Waals surface area contributed by atoms with Crippen LogP contribution in [0.2, 0.25) is 0 Å². The van der Waals surface area contributed by atoms with Gasteiger partial charge in [-0.2, -0.15) is 5.10 Å². The van der Waals surface area contributed by atoms with Crippen molar-refractivity contribution in [3.05, 3.63) is 35.9 Å². The summed E-state index contributed by atoms with van der Waals surface area (Å²) in [6, 6.07) is 8.08. The van der Waals surface area contributed by atoms with E-state index in [0.717, 1.165) is 5.56 Å². The molecule has 1 aromatic rings. The van der Waals surface area contributed by atoms with E-state index < -0.39 is 17.8 Å². The van der Waals surface area contributed by atoms with Gasteiger partial charge in [0.15, 0.2) is 0 Å². The lowest BCUT2D eigenvalue weighted by Crippen LogP contribution is -2.25. The molecule has 80 valence electrons. The summed E-state index contributed by atoms with van der Waals surface area (Å²) >= 11 is 0. The van der Waals surface area contributed by atoms with Crippen LogP contribution in [0.5, 0.6) is 0 Å². The van der Waals surface area contributed by atoms with Crippen LogP contribution >= 0.6 is 0 Å². The average Bonchev–Trinajstić information content (AvgIpc) is 2.53. The number of imide groups is 2. The summed E-state index contributed by atoms with van der Waals surface area (Å²) in [5, 5.41) is 5.96. The minimum Gasteiger partial charge on any atom is -0.268 e. The third kappa shape index (κ3) is 1.81. The Bertz CT molecular complexity index is 481. The molecule has 1 heterocycles. The summed E-state index contributed by atoms with van der Waals surface area (Å²) < 4.78 is 0. The molecule has 0 atom stereocenters. The molecule has 0 aliphatic carbocycles. The highest BCUT2D eigenvalue weighted by Crippen LogP contribution is 2.02. The molecule has 16 heavy (non-hydrogen) atoms. The summed E-state index contributed by atoms with van der Waals surface area (Å²) in [4.78, 5) is 33.0. The van der Waals surface area contributed by atoms with Gasteiger partial charge >= 0.3 is 17.8 Å². The maximum absolute atomic E-state index is 11.1. The number of hydrazone groups is 1. The second kappa shape index (κ2) is 3.93. The number of nitrogens with one attached hydrogen (secondary N) is 1. The molecule has 0 radical (unpaired) electrons. The summed E-state index contributed by atoms with van der Waals surface area (Å²) in [5.41, 5.74) is 0.724. The van der Waals surface area contributed by atoms with Crippen LogP contribution in [-0.4, -0.2) is 29.1 Å². The van der Waals surface area contributed by atoms with Crippen molar-refractivity contribution in [2.75, 3.05) is 0 Å². The fraction of sp³-hybridized carbons (Fsp3) is 0. The normalized spacial score (nSPS) is 16.0. The predicted molar refractivity (Wildman–Crippen MR) is 54.4 cm³/mol. The molecular formula is C10H7N3O3. The lowest BCUT2D eigenvalue weighted by atomic mass is 10.2. The third-order valence-electron chi connectivity index (χ3n) is 1.92. The molecular weight excluding hydrogens is 210 g/mol. The molecule has 0 saturated carbocycles. The van der Waals surface area contributed by atoms with E-state index in [-0.39, 0.29) is 0 Å². The van der Waals surface area contributed by atoms with E-state index in [2.05, 4.69) is 5.10 Å². The molecule has 0 unspecified atom stereocenters. The first-order valence-corrected chi connectivity index (χ1v) is 4.47. The van der Waals surface area contributed by atoms with E-state index in [4.69, 9.17) is 0 Å². The van der Waals surface area contributed by atoms with Gasteiger partial charge in [-0.1, -0.05) is 30.3 Å². The zero-order valence-corrected chi connectivity index (χ0v) is 8.08. The van der Waals surface area contributed by atoms with Crippen LogP contribution in [0, 0.1) is 0 Å². The van der Waals surface area contributed by atoms with Gasteiger partial charge in [0.2, 0.25) is 0 Å². The van der Waals surface area contributed by atoms with Gasteiger partial charge in [0.1, 0.15) is 0 Å². The van der Waals surface area contributed by atoms with Gasteiger partial charge in [-0.15, -0.1) is 5.01 Å². The van der Waals surface area contributed by atoms with Gasteiger partial charge in [0.25, 0.3) is 0 Å². The Kier molecular flexibility index (Phi) is 2.47. The minimum atomic E-state index is -0.975. The number of amides is 4.